The number of fused-ring (bicyclic) bond motifs is 1. The van der Waals surface area contributed by atoms with Gasteiger partial charge in [0.2, 0.25) is 0 Å². The van der Waals surface area contributed by atoms with Crippen molar-refractivity contribution >= 4 is 11.4 Å². The molecule has 2 unspecified atom stereocenters. The van der Waals surface area contributed by atoms with E-state index in [-0.39, 0.29) is 11.8 Å². The smallest absolute Gasteiger partial charge is 0.273 e. The van der Waals surface area contributed by atoms with Crippen LogP contribution in [0.15, 0.2) is 18.2 Å². The van der Waals surface area contributed by atoms with Gasteiger partial charge in [0.15, 0.2) is 0 Å². The molecule has 2 atom stereocenters. The first-order valence-electron chi connectivity index (χ1n) is 6.44. The maximum atomic E-state index is 10.8. The summed E-state index contributed by atoms with van der Waals surface area (Å²) >= 11 is 0. The first-order valence-corrected chi connectivity index (χ1v) is 6.44. The molecule has 0 spiro atoms. The van der Waals surface area contributed by atoms with Crippen molar-refractivity contribution < 1.29 is 14.4 Å². The SMILES string of the molecule is CC1CN(C2CCOC2)c2ccc([N+](=O)[O-])cc2O1. The number of hydrogen-bond acceptors (Lipinski definition) is 5. The van der Waals surface area contributed by atoms with Crippen molar-refractivity contribution in [2.75, 3.05) is 24.7 Å². The van der Waals surface area contributed by atoms with Gasteiger partial charge in [0.05, 0.1) is 35.9 Å². The number of anilines is 1. The summed E-state index contributed by atoms with van der Waals surface area (Å²) in [5, 5.41) is 10.8. The lowest BCUT2D eigenvalue weighted by Crippen LogP contribution is -2.45. The molecule has 0 saturated carbocycles. The standard InChI is InChI=1S/C13H16N2O4/c1-9-7-14(11-4-5-18-8-11)12-3-2-10(15(16)17)6-13(12)19-9/h2-3,6,9,11H,4-5,7-8H2,1H3. The molecule has 2 aliphatic rings. The van der Waals surface area contributed by atoms with Crippen molar-refractivity contribution in [3.63, 3.8) is 0 Å². The predicted octanol–water partition coefficient (Wildman–Crippen LogP) is 1.97. The Balaban J connectivity index is 1.96. The summed E-state index contributed by atoms with van der Waals surface area (Å²) in [5.41, 5.74) is 0.995. The normalized spacial score (nSPS) is 25.8. The largest absolute Gasteiger partial charge is 0.486 e. The molecule has 0 N–H and O–H groups in total. The second-order valence-corrected chi connectivity index (χ2v) is 5.01. The maximum absolute atomic E-state index is 10.8. The molecule has 0 aliphatic carbocycles. The van der Waals surface area contributed by atoms with E-state index in [1.54, 1.807) is 6.07 Å². The maximum Gasteiger partial charge on any atom is 0.273 e. The molecule has 0 radical (unpaired) electrons. The zero-order valence-electron chi connectivity index (χ0n) is 10.7. The van der Waals surface area contributed by atoms with E-state index in [2.05, 4.69) is 4.90 Å². The van der Waals surface area contributed by atoms with Crippen LogP contribution in [0.2, 0.25) is 0 Å². The van der Waals surface area contributed by atoms with Crippen LogP contribution in [-0.4, -0.2) is 36.8 Å². The molecule has 1 saturated heterocycles. The summed E-state index contributed by atoms with van der Waals surface area (Å²) in [5.74, 6) is 0.597. The zero-order chi connectivity index (χ0) is 13.4. The highest BCUT2D eigenvalue weighted by atomic mass is 16.6. The Morgan fingerprint density at radius 3 is 3.00 bits per heavy atom. The fraction of sp³-hybridized carbons (Fsp3) is 0.538. The van der Waals surface area contributed by atoms with E-state index >= 15 is 0 Å². The van der Waals surface area contributed by atoms with Crippen LogP contribution >= 0.6 is 0 Å². The summed E-state index contributed by atoms with van der Waals surface area (Å²) in [6, 6.07) is 5.15. The van der Waals surface area contributed by atoms with E-state index in [9.17, 15) is 10.1 Å². The first-order chi connectivity index (χ1) is 9.15. The van der Waals surface area contributed by atoms with Crippen LogP contribution in [0.25, 0.3) is 0 Å². The summed E-state index contributed by atoms with van der Waals surface area (Å²) in [7, 11) is 0. The fourth-order valence-electron chi connectivity index (χ4n) is 2.69. The van der Waals surface area contributed by atoms with Gasteiger partial charge in [-0.15, -0.1) is 0 Å². The third-order valence-electron chi connectivity index (χ3n) is 3.59. The number of rotatable bonds is 2. The number of ether oxygens (including phenoxy) is 2. The Morgan fingerprint density at radius 1 is 1.47 bits per heavy atom. The average molecular weight is 264 g/mol. The second kappa shape index (κ2) is 4.70. The molecule has 1 fully saturated rings. The average Bonchev–Trinajstić information content (AvgIpc) is 2.90. The predicted molar refractivity (Wildman–Crippen MR) is 69.8 cm³/mol. The highest BCUT2D eigenvalue weighted by Gasteiger charge is 2.31. The van der Waals surface area contributed by atoms with Gasteiger partial charge in [0, 0.05) is 12.7 Å². The minimum absolute atomic E-state index is 0.0232. The molecule has 102 valence electrons. The quantitative estimate of drug-likeness (QED) is 0.603. The first kappa shape index (κ1) is 12.2. The van der Waals surface area contributed by atoms with Gasteiger partial charge >= 0.3 is 0 Å². The second-order valence-electron chi connectivity index (χ2n) is 5.01. The van der Waals surface area contributed by atoms with Crippen molar-refractivity contribution in [2.45, 2.75) is 25.5 Å². The Hall–Kier alpha value is -1.82. The number of nitro benzene ring substituents is 1. The van der Waals surface area contributed by atoms with Crippen molar-refractivity contribution in [3.8, 4) is 5.75 Å². The van der Waals surface area contributed by atoms with E-state index in [1.807, 2.05) is 6.92 Å². The molecule has 2 heterocycles. The molecule has 0 bridgehead atoms. The van der Waals surface area contributed by atoms with Crippen molar-refractivity contribution in [3.05, 3.63) is 28.3 Å². The van der Waals surface area contributed by atoms with Crippen molar-refractivity contribution in [1.29, 1.82) is 0 Å². The van der Waals surface area contributed by atoms with Gasteiger partial charge in [-0.3, -0.25) is 10.1 Å². The molecule has 1 aromatic rings. The molecular formula is C13H16N2O4. The zero-order valence-corrected chi connectivity index (χ0v) is 10.7. The lowest BCUT2D eigenvalue weighted by atomic mass is 10.1. The summed E-state index contributed by atoms with van der Waals surface area (Å²) in [6.45, 7) is 4.26. The molecule has 1 aromatic carbocycles. The minimum atomic E-state index is -0.397. The lowest BCUT2D eigenvalue weighted by molar-refractivity contribution is -0.384. The molecule has 3 rings (SSSR count). The summed E-state index contributed by atoms with van der Waals surface area (Å²) in [6.07, 6.45) is 1.01. The molecule has 6 heteroatoms. The Bertz CT molecular complexity index is 499. The van der Waals surface area contributed by atoms with Crippen LogP contribution in [0.5, 0.6) is 5.75 Å². The molecule has 19 heavy (non-hydrogen) atoms. The van der Waals surface area contributed by atoms with Crippen molar-refractivity contribution in [1.82, 2.24) is 0 Å². The van der Waals surface area contributed by atoms with E-state index in [0.29, 0.717) is 18.4 Å². The highest BCUT2D eigenvalue weighted by Crippen LogP contribution is 2.38. The van der Waals surface area contributed by atoms with Gasteiger partial charge in [0.1, 0.15) is 11.9 Å². The molecule has 0 amide bonds. The summed E-state index contributed by atoms with van der Waals surface area (Å²) < 4.78 is 11.2. The molecule has 2 aliphatic heterocycles. The molecular weight excluding hydrogens is 248 g/mol. The Kier molecular flexibility index (Phi) is 3.02. The van der Waals surface area contributed by atoms with Crippen LogP contribution in [0.1, 0.15) is 13.3 Å². The number of nitrogens with zero attached hydrogens (tertiary/aromatic N) is 2. The number of nitro groups is 1. The molecule has 0 aromatic heterocycles. The van der Waals surface area contributed by atoms with Gasteiger partial charge in [-0.25, -0.2) is 0 Å². The minimum Gasteiger partial charge on any atom is -0.486 e. The van der Waals surface area contributed by atoms with Crippen LogP contribution in [0, 0.1) is 10.1 Å². The van der Waals surface area contributed by atoms with E-state index < -0.39 is 4.92 Å². The van der Waals surface area contributed by atoms with Gasteiger partial charge in [-0.1, -0.05) is 0 Å². The molecule has 6 nitrogen and oxygen atoms in total. The Labute approximate surface area is 111 Å². The van der Waals surface area contributed by atoms with E-state index in [4.69, 9.17) is 9.47 Å². The topological polar surface area (TPSA) is 64.8 Å². The van der Waals surface area contributed by atoms with E-state index in [0.717, 1.165) is 25.3 Å². The van der Waals surface area contributed by atoms with Crippen LogP contribution < -0.4 is 9.64 Å². The van der Waals surface area contributed by atoms with E-state index in [1.165, 1.54) is 12.1 Å². The van der Waals surface area contributed by atoms with Gasteiger partial charge in [0.25, 0.3) is 5.69 Å². The van der Waals surface area contributed by atoms with Gasteiger partial charge < -0.3 is 14.4 Å². The number of non-ortho nitro benzene ring substituents is 1. The fourth-order valence-corrected chi connectivity index (χ4v) is 2.69. The van der Waals surface area contributed by atoms with Crippen LogP contribution in [0.4, 0.5) is 11.4 Å². The van der Waals surface area contributed by atoms with Crippen molar-refractivity contribution in [2.24, 2.45) is 0 Å². The third kappa shape index (κ3) is 2.23. The van der Waals surface area contributed by atoms with Gasteiger partial charge in [-0.05, 0) is 19.4 Å². The monoisotopic (exact) mass is 264 g/mol. The lowest BCUT2D eigenvalue weighted by Gasteiger charge is -2.38. The van der Waals surface area contributed by atoms with Crippen LogP contribution in [-0.2, 0) is 4.74 Å². The van der Waals surface area contributed by atoms with Gasteiger partial charge in [-0.2, -0.15) is 0 Å². The van der Waals surface area contributed by atoms with Crippen LogP contribution in [0.3, 0.4) is 0 Å². The third-order valence-corrected chi connectivity index (χ3v) is 3.59. The summed E-state index contributed by atoms with van der Waals surface area (Å²) in [4.78, 5) is 12.7. The number of hydrogen-bond donors (Lipinski definition) is 0. The number of benzene rings is 1. The Morgan fingerprint density at radius 2 is 2.32 bits per heavy atom. The highest BCUT2D eigenvalue weighted by molar-refractivity contribution is 5.64.